The highest BCUT2D eigenvalue weighted by molar-refractivity contribution is 6.00. The minimum Gasteiger partial charge on any atom is -0.294 e. The Labute approximate surface area is 68.5 Å². The molecule has 0 heterocycles. The summed E-state index contributed by atoms with van der Waals surface area (Å²) in [6.07, 6.45) is 5.06. The summed E-state index contributed by atoms with van der Waals surface area (Å²) in [5, 5.41) is 0. The average Bonchev–Trinajstić information content (AvgIpc) is 1.95. The molecule has 1 aliphatic rings. The normalized spacial score (nSPS) is 23.2. The van der Waals surface area contributed by atoms with Gasteiger partial charge in [0.05, 0.1) is 0 Å². The van der Waals surface area contributed by atoms with Crippen LogP contribution < -0.4 is 0 Å². The van der Waals surface area contributed by atoms with E-state index in [1.165, 1.54) is 0 Å². The van der Waals surface area contributed by atoms with Crippen LogP contribution in [-0.2, 0) is 4.79 Å². The van der Waals surface area contributed by atoms with Crippen LogP contribution in [0.1, 0.15) is 40.0 Å². The highest BCUT2D eigenvalue weighted by atomic mass is 16.1. The van der Waals surface area contributed by atoms with Crippen molar-refractivity contribution in [1.29, 1.82) is 0 Å². The summed E-state index contributed by atoms with van der Waals surface area (Å²) in [4.78, 5) is 11.6. The monoisotopic (exact) mass is 152 g/mol. The molecular formula is C10H16O. The van der Waals surface area contributed by atoms with Gasteiger partial charge < -0.3 is 0 Å². The van der Waals surface area contributed by atoms with E-state index in [2.05, 4.69) is 6.08 Å². The molecule has 62 valence electrons. The first-order valence-electron chi connectivity index (χ1n) is 4.32. The van der Waals surface area contributed by atoms with Crippen molar-refractivity contribution in [2.45, 2.75) is 40.0 Å². The fraction of sp³-hybridized carbons (Fsp3) is 0.700. The van der Waals surface area contributed by atoms with Crippen LogP contribution in [0.3, 0.4) is 0 Å². The molecule has 0 N–H and O–H groups in total. The van der Waals surface area contributed by atoms with E-state index >= 15 is 0 Å². The van der Waals surface area contributed by atoms with Crippen molar-refractivity contribution in [3.05, 3.63) is 11.6 Å². The Morgan fingerprint density at radius 2 is 2.18 bits per heavy atom. The minimum absolute atomic E-state index is 0.0971. The number of rotatable bonds is 1. The molecule has 0 aromatic carbocycles. The van der Waals surface area contributed by atoms with Gasteiger partial charge in [-0.1, -0.05) is 26.8 Å². The smallest absolute Gasteiger partial charge is 0.164 e. The van der Waals surface area contributed by atoms with Gasteiger partial charge in [-0.25, -0.2) is 0 Å². The van der Waals surface area contributed by atoms with Gasteiger partial charge in [-0.15, -0.1) is 0 Å². The number of ketones is 1. The molecule has 0 radical (unpaired) electrons. The molecular weight excluding hydrogens is 136 g/mol. The van der Waals surface area contributed by atoms with Crippen molar-refractivity contribution in [2.24, 2.45) is 5.41 Å². The van der Waals surface area contributed by atoms with Crippen LogP contribution in [0.15, 0.2) is 11.6 Å². The third-order valence-electron chi connectivity index (χ3n) is 2.45. The summed E-state index contributed by atoms with van der Waals surface area (Å²) < 4.78 is 0. The fourth-order valence-corrected chi connectivity index (χ4v) is 1.55. The van der Waals surface area contributed by atoms with E-state index in [0.29, 0.717) is 5.78 Å². The number of allylic oxidation sites excluding steroid dienone is 2. The summed E-state index contributed by atoms with van der Waals surface area (Å²) in [6.45, 7) is 6.13. The third kappa shape index (κ3) is 1.52. The van der Waals surface area contributed by atoms with Gasteiger partial charge in [-0.05, 0) is 24.8 Å². The largest absolute Gasteiger partial charge is 0.294 e. The predicted octanol–water partition coefficient (Wildman–Crippen LogP) is 2.71. The van der Waals surface area contributed by atoms with Crippen LogP contribution in [0, 0.1) is 5.41 Å². The molecule has 0 saturated heterocycles. The molecule has 1 nitrogen and oxygen atoms in total. The summed E-state index contributed by atoms with van der Waals surface area (Å²) in [5.41, 5.74) is 0.932. The Bertz CT molecular complexity index is 199. The molecule has 0 aromatic rings. The second-order valence-electron chi connectivity index (χ2n) is 3.83. The van der Waals surface area contributed by atoms with Gasteiger partial charge in [0.1, 0.15) is 0 Å². The first-order chi connectivity index (χ1) is 5.08. The van der Waals surface area contributed by atoms with Crippen LogP contribution in [0.5, 0.6) is 0 Å². The van der Waals surface area contributed by atoms with E-state index in [1.807, 2.05) is 20.8 Å². The van der Waals surface area contributed by atoms with Crippen molar-refractivity contribution >= 4 is 5.78 Å². The standard InChI is InChI=1S/C10H16O/c1-4-8-6-5-7-10(2,3)9(8)11/h6H,4-5,7H2,1-3H3. The van der Waals surface area contributed by atoms with Gasteiger partial charge in [-0.2, -0.15) is 0 Å². The van der Waals surface area contributed by atoms with Crippen molar-refractivity contribution in [3.8, 4) is 0 Å². The molecule has 1 heteroatoms. The maximum atomic E-state index is 11.6. The Morgan fingerprint density at radius 3 is 2.64 bits per heavy atom. The zero-order valence-corrected chi connectivity index (χ0v) is 7.61. The van der Waals surface area contributed by atoms with E-state index in [9.17, 15) is 4.79 Å². The van der Waals surface area contributed by atoms with Crippen molar-refractivity contribution in [3.63, 3.8) is 0 Å². The lowest BCUT2D eigenvalue weighted by Gasteiger charge is -2.27. The molecule has 0 atom stereocenters. The van der Waals surface area contributed by atoms with Gasteiger partial charge in [0.2, 0.25) is 0 Å². The maximum Gasteiger partial charge on any atom is 0.164 e. The molecule has 1 aliphatic carbocycles. The number of hydrogen-bond acceptors (Lipinski definition) is 1. The van der Waals surface area contributed by atoms with Gasteiger partial charge in [0.15, 0.2) is 5.78 Å². The number of Topliss-reactive ketones (excluding diaryl/α,β-unsaturated/α-hetero) is 1. The minimum atomic E-state index is -0.0971. The van der Waals surface area contributed by atoms with Gasteiger partial charge in [-0.3, -0.25) is 4.79 Å². The molecule has 1 rings (SSSR count). The Balaban J connectivity index is 2.86. The van der Waals surface area contributed by atoms with E-state index in [-0.39, 0.29) is 5.41 Å². The average molecular weight is 152 g/mol. The molecule has 0 bridgehead atoms. The number of carbonyl (C=O) groups excluding carboxylic acids is 1. The Morgan fingerprint density at radius 1 is 1.55 bits per heavy atom. The predicted molar refractivity (Wildman–Crippen MR) is 46.4 cm³/mol. The number of hydrogen-bond donors (Lipinski definition) is 0. The second-order valence-corrected chi connectivity index (χ2v) is 3.83. The first-order valence-corrected chi connectivity index (χ1v) is 4.32. The topological polar surface area (TPSA) is 17.1 Å². The van der Waals surface area contributed by atoms with Crippen molar-refractivity contribution in [2.75, 3.05) is 0 Å². The molecule has 0 saturated carbocycles. The van der Waals surface area contributed by atoms with Crippen LogP contribution >= 0.6 is 0 Å². The van der Waals surface area contributed by atoms with Gasteiger partial charge in [0.25, 0.3) is 0 Å². The molecule has 0 unspecified atom stereocenters. The second kappa shape index (κ2) is 2.80. The lowest BCUT2D eigenvalue weighted by molar-refractivity contribution is -0.124. The van der Waals surface area contributed by atoms with Crippen LogP contribution in [0.2, 0.25) is 0 Å². The lowest BCUT2D eigenvalue weighted by atomic mass is 9.75. The van der Waals surface area contributed by atoms with E-state index in [4.69, 9.17) is 0 Å². The molecule has 0 fully saturated rings. The van der Waals surface area contributed by atoms with Crippen molar-refractivity contribution < 1.29 is 4.79 Å². The summed E-state index contributed by atoms with van der Waals surface area (Å²) in [6, 6.07) is 0. The Hall–Kier alpha value is -0.590. The SMILES string of the molecule is CCC1=CCCC(C)(C)C1=O. The van der Waals surface area contributed by atoms with Crippen LogP contribution in [0.4, 0.5) is 0 Å². The Kier molecular flexibility index (Phi) is 2.17. The quantitative estimate of drug-likeness (QED) is 0.564. The summed E-state index contributed by atoms with van der Waals surface area (Å²) in [5.74, 6) is 0.353. The van der Waals surface area contributed by atoms with E-state index < -0.39 is 0 Å². The zero-order chi connectivity index (χ0) is 8.48. The fourth-order valence-electron chi connectivity index (χ4n) is 1.55. The van der Waals surface area contributed by atoms with Crippen LogP contribution in [-0.4, -0.2) is 5.78 Å². The lowest BCUT2D eigenvalue weighted by Crippen LogP contribution is -2.28. The maximum absolute atomic E-state index is 11.6. The highest BCUT2D eigenvalue weighted by Gasteiger charge is 2.31. The zero-order valence-electron chi connectivity index (χ0n) is 7.61. The molecule has 11 heavy (non-hydrogen) atoms. The van der Waals surface area contributed by atoms with Gasteiger partial charge in [0, 0.05) is 5.41 Å². The summed E-state index contributed by atoms with van der Waals surface area (Å²) in [7, 11) is 0. The molecule has 0 aromatic heterocycles. The molecule has 0 spiro atoms. The molecule has 0 aliphatic heterocycles. The number of carbonyl (C=O) groups is 1. The van der Waals surface area contributed by atoms with Crippen molar-refractivity contribution in [1.82, 2.24) is 0 Å². The highest BCUT2D eigenvalue weighted by Crippen LogP contribution is 2.32. The third-order valence-corrected chi connectivity index (χ3v) is 2.45. The molecule has 0 amide bonds. The van der Waals surface area contributed by atoms with E-state index in [1.54, 1.807) is 0 Å². The van der Waals surface area contributed by atoms with Gasteiger partial charge >= 0.3 is 0 Å². The van der Waals surface area contributed by atoms with Crippen LogP contribution in [0.25, 0.3) is 0 Å². The first kappa shape index (κ1) is 8.51. The summed E-state index contributed by atoms with van der Waals surface area (Å²) >= 11 is 0. The van der Waals surface area contributed by atoms with E-state index in [0.717, 1.165) is 24.8 Å².